The normalized spacial score (nSPS) is 17.6. The van der Waals surface area contributed by atoms with Crippen molar-refractivity contribution in [1.29, 1.82) is 0 Å². The summed E-state index contributed by atoms with van der Waals surface area (Å²) in [5.74, 6) is -0.188. The molecule has 0 saturated carbocycles. The molecule has 3 aromatic rings. The Morgan fingerprint density at radius 1 is 0.909 bits per heavy atom. The van der Waals surface area contributed by atoms with E-state index in [9.17, 15) is 39.5 Å². The van der Waals surface area contributed by atoms with Gasteiger partial charge in [-0.05, 0) is 78.0 Å². The summed E-state index contributed by atoms with van der Waals surface area (Å²) in [6.45, 7) is 2.14. The number of piperidine rings is 1. The summed E-state index contributed by atoms with van der Waals surface area (Å²) in [4.78, 5) is 4.34. The Balaban J connectivity index is 1.81. The highest BCUT2D eigenvalue weighted by molar-refractivity contribution is 5.42. The van der Waals surface area contributed by atoms with Crippen molar-refractivity contribution in [3.63, 3.8) is 0 Å². The van der Waals surface area contributed by atoms with Crippen molar-refractivity contribution in [2.45, 2.75) is 70.0 Å². The number of likely N-dealkylation sites (tertiary alicyclic amines) is 1. The van der Waals surface area contributed by atoms with Crippen LogP contribution in [0.5, 0.6) is 0 Å². The maximum Gasteiger partial charge on any atom is 0.416 e. The van der Waals surface area contributed by atoms with E-state index in [1.807, 2.05) is 6.92 Å². The molecule has 242 valence electrons. The zero-order chi connectivity index (χ0) is 32.4. The average Bonchev–Trinajstić information content (AvgIpc) is 3.38. The van der Waals surface area contributed by atoms with Gasteiger partial charge in [0.15, 0.2) is 0 Å². The Hall–Kier alpha value is -3.40. The first-order valence-corrected chi connectivity index (χ1v) is 13.7. The molecule has 0 bridgehead atoms. The van der Waals surface area contributed by atoms with Crippen molar-refractivity contribution in [3.8, 4) is 0 Å². The number of hydrogen-bond donors (Lipinski definition) is 0. The van der Waals surface area contributed by atoms with Gasteiger partial charge in [0.05, 0.1) is 29.8 Å². The number of tetrazole rings is 1. The Bertz CT molecular complexity index is 1390. The van der Waals surface area contributed by atoms with Gasteiger partial charge in [-0.25, -0.2) is 0 Å². The molecule has 0 amide bonds. The fourth-order valence-corrected chi connectivity index (χ4v) is 5.50. The van der Waals surface area contributed by atoms with Gasteiger partial charge in [0, 0.05) is 32.8 Å². The number of benzene rings is 2. The lowest BCUT2D eigenvalue weighted by atomic mass is 9.92. The lowest BCUT2D eigenvalue weighted by Gasteiger charge is -2.39. The van der Waals surface area contributed by atoms with Gasteiger partial charge in [0.2, 0.25) is 0 Å². The zero-order valence-electron chi connectivity index (χ0n) is 24.1. The second-order valence-corrected chi connectivity index (χ2v) is 10.7. The van der Waals surface area contributed by atoms with Gasteiger partial charge < -0.3 is 9.64 Å². The molecule has 1 aromatic heterocycles. The van der Waals surface area contributed by atoms with E-state index in [0.717, 1.165) is 29.8 Å². The van der Waals surface area contributed by atoms with Crippen LogP contribution in [0.1, 0.15) is 65.6 Å². The van der Waals surface area contributed by atoms with Gasteiger partial charge in [0.1, 0.15) is 0 Å². The van der Waals surface area contributed by atoms with Crippen LogP contribution in [0, 0.1) is 0 Å². The van der Waals surface area contributed by atoms with Crippen LogP contribution < -0.4 is 4.90 Å². The van der Waals surface area contributed by atoms with E-state index in [0.29, 0.717) is 37.2 Å². The monoisotopic (exact) mass is 638 g/mol. The van der Waals surface area contributed by atoms with E-state index in [2.05, 4.69) is 20.3 Å². The molecule has 16 heteroatoms. The predicted molar refractivity (Wildman–Crippen MR) is 141 cm³/mol. The molecule has 2 atom stereocenters. The molecule has 2 heterocycles. The second kappa shape index (κ2) is 12.9. The number of anilines is 1. The lowest BCUT2D eigenvalue weighted by molar-refractivity contribution is -0.143. The Labute approximate surface area is 247 Å². The molecule has 2 unspecified atom stereocenters. The number of halogens is 9. The molecule has 7 nitrogen and oxygen atoms in total. The zero-order valence-corrected chi connectivity index (χ0v) is 24.1. The second-order valence-electron chi connectivity index (χ2n) is 10.7. The molecule has 0 spiro atoms. The van der Waals surface area contributed by atoms with Crippen LogP contribution in [-0.2, 0) is 43.4 Å². The summed E-state index contributed by atoms with van der Waals surface area (Å²) in [6.07, 6.45) is -12.8. The number of hydrogen-bond acceptors (Lipinski definition) is 6. The largest absolute Gasteiger partial charge is 0.416 e. The number of alkyl halides is 9. The quantitative estimate of drug-likeness (QED) is 0.235. The first-order chi connectivity index (χ1) is 20.5. The van der Waals surface area contributed by atoms with E-state index in [4.69, 9.17) is 4.74 Å². The fourth-order valence-electron chi connectivity index (χ4n) is 5.50. The molecular formula is C28H31F9N6O. The van der Waals surface area contributed by atoms with E-state index < -0.39 is 41.8 Å². The standard InChI is InChI=1S/C28H31F9N6O/c1-4-24(42-9-5-6-22(16-42)44-3)23-8-7-19(26(29,30)31)12-18(23)15-43(25-38-40-41(2)39-25)14-17-10-20(27(32,33)34)13-21(11-17)28(35,36)37/h7-8,10-13,22,24H,4-6,9,14-16H2,1-3H3. The van der Waals surface area contributed by atoms with Crippen molar-refractivity contribution >= 4 is 5.95 Å². The van der Waals surface area contributed by atoms with Crippen LogP contribution in [0.2, 0.25) is 0 Å². The highest BCUT2D eigenvalue weighted by Gasteiger charge is 2.38. The summed E-state index contributed by atoms with van der Waals surface area (Å²) in [7, 11) is 2.98. The van der Waals surface area contributed by atoms with Crippen molar-refractivity contribution in [1.82, 2.24) is 25.1 Å². The Morgan fingerprint density at radius 3 is 2.07 bits per heavy atom. The summed E-state index contributed by atoms with van der Waals surface area (Å²) < 4.78 is 129. The van der Waals surface area contributed by atoms with E-state index >= 15 is 0 Å². The molecule has 4 rings (SSSR count). The highest BCUT2D eigenvalue weighted by Crippen LogP contribution is 2.38. The first kappa shape index (κ1) is 33.5. The molecule has 1 fully saturated rings. The predicted octanol–water partition coefficient (Wildman–Crippen LogP) is 7.04. The van der Waals surface area contributed by atoms with Crippen molar-refractivity contribution < 1.29 is 44.3 Å². The average molecular weight is 639 g/mol. The smallest absolute Gasteiger partial charge is 0.380 e. The van der Waals surface area contributed by atoms with E-state index in [1.54, 1.807) is 7.11 Å². The molecule has 44 heavy (non-hydrogen) atoms. The molecular weight excluding hydrogens is 607 g/mol. The van der Waals surface area contributed by atoms with Crippen LogP contribution in [0.4, 0.5) is 45.5 Å². The van der Waals surface area contributed by atoms with E-state index in [1.165, 1.54) is 18.0 Å². The number of rotatable bonds is 9. The van der Waals surface area contributed by atoms with Crippen LogP contribution in [-0.4, -0.2) is 51.4 Å². The summed E-state index contributed by atoms with van der Waals surface area (Å²) in [6, 6.07) is 4.10. The molecule has 0 aliphatic carbocycles. The van der Waals surface area contributed by atoms with E-state index in [-0.39, 0.29) is 41.8 Å². The molecule has 0 radical (unpaired) electrons. The Kier molecular flexibility index (Phi) is 9.83. The third kappa shape index (κ3) is 8.00. The molecule has 1 aliphatic rings. The maximum absolute atomic E-state index is 13.9. The summed E-state index contributed by atoms with van der Waals surface area (Å²) in [5.41, 5.74) is -3.67. The summed E-state index contributed by atoms with van der Waals surface area (Å²) >= 11 is 0. The SMILES string of the molecule is CCC(c1ccc(C(F)(F)F)cc1CN(Cc1cc(C(F)(F)F)cc(C(F)(F)F)c1)c1nnn(C)n1)N1CCCC(OC)C1. The van der Waals surface area contributed by atoms with Crippen LogP contribution in [0.25, 0.3) is 0 Å². The van der Waals surface area contributed by atoms with Crippen molar-refractivity contribution in [2.24, 2.45) is 7.05 Å². The minimum Gasteiger partial charge on any atom is -0.380 e. The third-order valence-corrected chi connectivity index (χ3v) is 7.56. The topological polar surface area (TPSA) is 59.3 Å². The number of methoxy groups -OCH3 is 1. The minimum atomic E-state index is -5.08. The van der Waals surface area contributed by atoms with Gasteiger partial charge in [-0.2, -0.15) is 44.3 Å². The van der Waals surface area contributed by atoms with Gasteiger partial charge in [-0.1, -0.05) is 18.1 Å². The van der Waals surface area contributed by atoms with Crippen LogP contribution in [0.15, 0.2) is 36.4 Å². The van der Waals surface area contributed by atoms with Crippen LogP contribution >= 0.6 is 0 Å². The number of aryl methyl sites for hydroxylation is 1. The van der Waals surface area contributed by atoms with Gasteiger partial charge in [-0.15, -0.1) is 5.10 Å². The Morgan fingerprint density at radius 2 is 1.55 bits per heavy atom. The lowest BCUT2D eigenvalue weighted by Crippen LogP contribution is -2.41. The molecule has 1 saturated heterocycles. The van der Waals surface area contributed by atoms with Gasteiger partial charge in [-0.3, -0.25) is 4.90 Å². The minimum absolute atomic E-state index is 0.0110. The van der Waals surface area contributed by atoms with Crippen molar-refractivity contribution in [2.75, 3.05) is 25.1 Å². The maximum atomic E-state index is 13.9. The van der Waals surface area contributed by atoms with Crippen molar-refractivity contribution in [3.05, 3.63) is 69.8 Å². The molecule has 1 aliphatic heterocycles. The number of aromatic nitrogens is 4. The van der Waals surface area contributed by atoms with Crippen LogP contribution in [0.3, 0.4) is 0 Å². The van der Waals surface area contributed by atoms with Gasteiger partial charge >= 0.3 is 18.5 Å². The molecule has 2 aromatic carbocycles. The number of ether oxygens (including phenoxy) is 1. The third-order valence-electron chi connectivity index (χ3n) is 7.56. The fraction of sp³-hybridized carbons (Fsp3) is 0.536. The van der Waals surface area contributed by atoms with Gasteiger partial charge in [0.25, 0.3) is 5.95 Å². The first-order valence-electron chi connectivity index (χ1n) is 13.7. The molecule has 0 N–H and O–H groups in total. The highest BCUT2D eigenvalue weighted by atomic mass is 19.4. The number of nitrogens with zero attached hydrogens (tertiary/aromatic N) is 6. The summed E-state index contributed by atoms with van der Waals surface area (Å²) in [5, 5.41) is 11.6.